The van der Waals surface area contributed by atoms with Crippen molar-refractivity contribution in [3.63, 3.8) is 0 Å². The van der Waals surface area contributed by atoms with Crippen molar-refractivity contribution in [1.29, 1.82) is 0 Å². The number of carbonyl (C=O) groups excluding carboxylic acids is 1. The van der Waals surface area contributed by atoms with Gasteiger partial charge in [-0.1, -0.05) is 6.92 Å². The zero-order valence-corrected chi connectivity index (χ0v) is 10.6. The van der Waals surface area contributed by atoms with E-state index in [4.69, 9.17) is 0 Å². The van der Waals surface area contributed by atoms with Crippen molar-refractivity contribution in [2.24, 2.45) is 0 Å². The Balaban J connectivity index is 2.04. The molecule has 3 N–H and O–H groups in total. The van der Waals surface area contributed by atoms with Gasteiger partial charge in [-0.05, 0) is 19.9 Å². The molecule has 1 aromatic heterocycles. The number of hydrogen-bond acceptors (Lipinski definition) is 3. The standard InChI is InChI=1S/C12H22N4O/c1-3-13-10(2)9-12(17)16-6-4-5-11-14-7-8-15-11/h7-8,10,13H,3-6,9H2,1-2H3,(H,14,15)(H,16,17). The molecule has 0 fully saturated rings. The topological polar surface area (TPSA) is 69.8 Å². The Labute approximate surface area is 102 Å². The number of amides is 1. The number of imidazole rings is 1. The second-order valence-corrected chi connectivity index (χ2v) is 4.15. The number of H-pyrrole nitrogens is 1. The molecule has 1 heterocycles. The van der Waals surface area contributed by atoms with Gasteiger partial charge < -0.3 is 15.6 Å². The zero-order chi connectivity index (χ0) is 12.5. The van der Waals surface area contributed by atoms with Gasteiger partial charge in [-0.2, -0.15) is 0 Å². The average molecular weight is 238 g/mol. The molecule has 0 saturated heterocycles. The molecule has 17 heavy (non-hydrogen) atoms. The molecule has 1 rings (SSSR count). The minimum Gasteiger partial charge on any atom is -0.356 e. The van der Waals surface area contributed by atoms with Crippen molar-refractivity contribution in [3.05, 3.63) is 18.2 Å². The molecule has 1 unspecified atom stereocenters. The van der Waals surface area contributed by atoms with Crippen LogP contribution in [0.25, 0.3) is 0 Å². The fourth-order valence-electron chi connectivity index (χ4n) is 1.69. The molecule has 1 amide bonds. The van der Waals surface area contributed by atoms with E-state index in [1.165, 1.54) is 0 Å². The molecule has 0 aliphatic carbocycles. The molecule has 0 aromatic carbocycles. The van der Waals surface area contributed by atoms with Crippen molar-refractivity contribution in [2.75, 3.05) is 13.1 Å². The lowest BCUT2D eigenvalue weighted by atomic mass is 10.2. The number of nitrogens with zero attached hydrogens (tertiary/aromatic N) is 1. The first kappa shape index (κ1) is 13.7. The highest BCUT2D eigenvalue weighted by molar-refractivity contribution is 5.76. The van der Waals surface area contributed by atoms with Gasteiger partial charge in [-0.25, -0.2) is 4.98 Å². The summed E-state index contributed by atoms with van der Waals surface area (Å²) in [5.74, 6) is 1.08. The first-order valence-corrected chi connectivity index (χ1v) is 6.20. The van der Waals surface area contributed by atoms with E-state index >= 15 is 0 Å². The summed E-state index contributed by atoms with van der Waals surface area (Å²) in [7, 11) is 0. The summed E-state index contributed by atoms with van der Waals surface area (Å²) in [6, 6.07) is 0.241. The number of aromatic amines is 1. The van der Waals surface area contributed by atoms with E-state index in [-0.39, 0.29) is 11.9 Å². The molecule has 0 saturated carbocycles. The van der Waals surface area contributed by atoms with Crippen LogP contribution in [0.2, 0.25) is 0 Å². The molecule has 1 aromatic rings. The molecule has 0 aliphatic heterocycles. The fourth-order valence-corrected chi connectivity index (χ4v) is 1.69. The maximum Gasteiger partial charge on any atom is 0.221 e. The lowest BCUT2D eigenvalue weighted by Crippen LogP contribution is -2.34. The normalized spacial score (nSPS) is 12.4. The quantitative estimate of drug-likeness (QED) is 0.588. The van der Waals surface area contributed by atoms with Gasteiger partial charge in [-0.3, -0.25) is 4.79 Å². The number of nitrogens with one attached hydrogen (secondary N) is 3. The predicted octanol–water partition coefficient (Wildman–Crippen LogP) is 0.847. The van der Waals surface area contributed by atoms with Gasteiger partial charge >= 0.3 is 0 Å². The zero-order valence-electron chi connectivity index (χ0n) is 10.6. The molecule has 0 spiro atoms. The van der Waals surface area contributed by atoms with Crippen LogP contribution in [0.3, 0.4) is 0 Å². The van der Waals surface area contributed by atoms with Crippen LogP contribution in [0.5, 0.6) is 0 Å². The van der Waals surface area contributed by atoms with Gasteiger partial charge in [0, 0.05) is 37.8 Å². The van der Waals surface area contributed by atoms with Crippen LogP contribution in [0, 0.1) is 0 Å². The largest absolute Gasteiger partial charge is 0.356 e. The van der Waals surface area contributed by atoms with Gasteiger partial charge in [0.05, 0.1) is 0 Å². The second kappa shape index (κ2) is 7.84. The highest BCUT2D eigenvalue weighted by Crippen LogP contribution is 1.94. The van der Waals surface area contributed by atoms with E-state index in [9.17, 15) is 4.79 Å². The smallest absolute Gasteiger partial charge is 0.221 e. The van der Waals surface area contributed by atoms with Gasteiger partial charge in [0.25, 0.3) is 0 Å². The summed E-state index contributed by atoms with van der Waals surface area (Å²) in [5, 5.41) is 6.13. The van der Waals surface area contributed by atoms with Crippen molar-refractivity contribution in [1.82, 2.24) is 20.6 Å². The fraction of sp³-hybridized carbons (Fsp3) is 0.667. The third-order valence-electron chi connectivity index (χ3n) is 2.51. The van der Waals surface area contributed by atoms with Crippen LogP contribution >= 0.6 is 0 Å². The molecule has 0 radical (unpaired) electrons. The molecule has 5 heteroatoms. The summed E-state index contributed by atoms with van der Waals surface area (Å²) in [5.41, 5.74) is 0. The van der Waals surface area contributed by atoms with Crippen LogP contribution in [-0.4, -0.2) is 35.0 Å². The van der Waals surface area contributed by atoms with Gasteiger partial charge in [0.1, 0.15) is 5.82 Å². The molecule has 0 bridgehead atoms. The minimum absolute atomic E-state index is 0.109. The van der Waals surface area contributed by atoms with Crippen LogP contribution in [-0.2, 0) is 11.2 Å². The lowest BCUT2D eigenvalue weighted by Gasteiger charge is -2.11. The Bertz CT molecular complexity index is 310. The highest BCUT2D eigenvalue weighted by atomic mass is 16.1. The monoisotopic (exact) mass is 238 g/mol. The lowest BCUT2D eigenvalue weighted by molar-refractivity contribution is -0.121. The second-order valence-electron chi connectivity index (χ2n) is 4.15. The van der Waals surface area contributed by atoms with E-state index in [0.717, 1.165) is 25.2 Å². The molecule has 1 atom stereocenters. The van der Waals surface area contributed by atoms with Crippen molar-refractivity contribution in [3.8, 4) is 0 Å². The Morgan fingerprint density at radius 1 is 1.59 bits per heavy atom. The average Bonchev–Trinajstić information content (AvgIpc) is 2.77. The Morgan fingerprint density at radius 3 is 3.06 bits per heavy atom. The van der Waals surface area contributed by atoms with Gasteiger partial charge in [0.15, 0.2) is 0 Å². The van der Waals surface area contributed by atoms with Gasteiger partial charge in [0.2, 0.25) is 5.91 Å². The van der Waals surface area contributed by atoms with E-state index in [0.29, 0.717) is 13.0 Å². The van der Waals surface area contributed by atoms with Crippen LogP contribution in [0.15, 0.2) is 12.4 Å². The van der Waals surface area contributed by atoms with Crippen molar-refractivity contribution < 1.29 is 4.79 Å². The number of hydrogen-bond donors (Lipinski definition) is 3. The Hall–Kier alpha value is -1.36. The van der Waals surface area contributed by atoms with Crippen LogP contribution in [0.4, 0.5) is 0 Å². The van der Waals surface area contributed by atoms with E-state index in [1.807, 2.05) is 20.0 Å². The minimum atomic E-state index is 0.109. The van der Waals surface area contributed by atoms with Crippen LogP contribution in [0.1, 0.15) is 32.5 Å². The summed E-state index contributed by atoms with van der Waals surface area (Å²) in [4.78, 5) is 18.7. The van der Waals surface area contributed by atoms with Crippen molar-refractivity contribution >= 4 is 5.91 Å². The van der Waals surface area contributed by atoms with E-state index in [2.05, 4.69) is 20.6 Å². The van der Waals surface area contributed by atoms with E-state index < -0.39 is 0 Å². The van der Waals surface area contributed by atoms with Gasteiger partial charge in [-0.15, -0.1) is 0 Å². The number of carbonyl (C=O) groups is 1. The van der Waals surface area contributed by atoms with Crippen LogP contribution < -0.4 is 10.6 Å². The molecular weight excluding hydrogens is 216 g/mol. The predicted molar refractivity (Wildman–Crippen MR) is 67.7 cm³/mol. The SMILES string of the molecule is CCNC(C)CC(=O)NCCCc1ncc[nH]1. The third-order valence-corrected chi connectivity index (χ3v) is 2.51. The summed E-state index contributed by atoms with van der Waals surface area (Å²) >= 11 is 0. The first-order valence-electron chi connectivity index (χ1n) is 6.20. The maximum absolute atomic E-state index is 11.5. The van der Waals surface area contributed by atoms with Crippen molar-refractivity contribution in [2.45, 2.75) is 39.2 Å². The third kappa shape index (κ3) is 6.06. The summed E-state index contributed by atoms with van der Waals surface area (Å²) < 4.78 is 0. The Morgan fingerprint density at radius 2 is 2.41 bits per heavy atom. The maximum atomic E-state index is 11.5. The summed E-state index contributed by atoms with van der Waals surface area (Å²) in [6.07, 6.45) is 5.87. The highest BCUT2D eigenvalue weighted by Gasteiger charge is 2.06. The Kier molecular flexibility index (Phi) is 6.32. The number of aryl methyl sites for hydroxylation is 1. The molecule has 0 aliphatic rings. The number of rotatable bonds is 8. The summed E-state index contributed by atoms with van der Waals surface area (Å²) in [6.45, 7) is 5.66. The number of aromatic nitrogens is 2. The van der Waals surface area contributed by atoms with E-state index in [1.54, 1.807) is 6.20 Å². The first-order chi connectivity index (χ1) is 8.22. The molecular formula is C12H22N4O. The molecule has 96 valence electrons. The molecule has 5 nitrogen and oxygen atoms in total.